The van der Waals surface area contributed by atoms with Crippen LogP contribution in [0, 0.1) is 0 Å². The molecule has 0 bridgehead atoms. The number of carbonyl (C=O) groups excluding carboxylic acids is 2. The zero-order chi connectivity index (χ0) is 30.0. The molecule has 0 aromatic heterocycles. The van der Waals surface area contributed by atoms with Crippen molar-refractivity contribution in [2.75, 3.05) is 31.3 Å². The number of nitrogens with two attached hydrogens (primary N) is 2. The molecule has 0 aliphatic heterocycles. The summed E-state index contributed by atoms with van der Waals surface area (Å²) in [4.78, 5) is 23.9. The van der Waals surface area contributed by atoms with Crippen LogP contribution in [0.15, 0.2) is 72.8 Å². The SMILES string of the molecule is Nc1cc(N)cc(C(=O)OCCOC(=O)C=Cc2ccc(OC(F)(F)c3ccc(OCCC(F)(F)F)cc3)cc2)c1. The molecule has 0 aliphatic carbocycles. The number of esters is 2. The van der Waals surface area contributed by atoms with E-state index >= 15 is 0 Å². The summed E-state index contributed by atoms with van der Waals surface area (Å²) in [6.07, 6.45) is -6.82. The monoisotopic (exact) mass is 580 g/mol. The van der Waals surface area contributed by atoms with Crippen LogP contribution in [0.4, 0.5) is 33.3 Å². The van der Waals surface area contributed by atoms with E-state index in [2.05, 4.69) is 0 Å². The molecule has 0 saturated heterocycles. The largest absolute Gasteiger partial charge is 0.493 e. The van der Waals surface area contributed by atoms with Crippen LogP contribution >= 0.6 is 0 Å². The Morgan fingerprint density at radius 3 is 1.95 bits per heavy atom. The summed E-state index contributed by atoms with van der Waals surface area (Å²) in [7, 11) is 0. The fourth-order valence-corrected chi connectivity index (χ4v) is 3.25. The fourth-order valence-electron chi connectivity index (χ4n) is 3.25. The lowest BCUT2D eigenvalue weighted by atomic mass is 10.2. The van der Waals surface area contributed by atoms with E-state index in [-0.39, 0.29) is 30.3 Å². The van der Waals surface area contributed by atoms with E-state index in [0.29, 0.717) is 16.9 Å². The summed E-state index contributed by atoms with van der Waals surface area (Å²) < 4.78 is 85.3. The summed E-state index contributed by atoms with van der Waals surface area (Å²) in [5, 5.41) is 0. The zero-order valence-corrected chi connectivity index (χ0v) is 21.3. The van der Waals surface area contributed by atoms with Crippen LogP contribution < -0.4 is 20.9 Å². The summed E-state index contributed by atoms with van der Waals surface area (Å²) in [6, 6.07) is 13.9. The van der Waals surface area contributed by atoms with Crippen LogP contribution in [-0.2, 0) is 20.4 Å². The Bertz CT molecular complexity index is 1340. The number of halogens is 5. The van der Waals surface area contributed by atoms with Crippen molar-refractivity contribution in [3.8, 4) is 11.5 Å². The van der Waals surface area contributed by atoms with Gasteiger partial charge in [-0.05, 0) is 66.2 Å². The smallest absolute Gasteiger partial charge is 0.426 e. The lowest BCUT2D eigenvalue weighted by molar-refractivity contribution is -0.185. The third-order valence-corrected chi connectivity index (χ3v) is 5.16. The molecule has 218 valence electrons. The predicted molar refractivity (Wildman–Crippen MR) is 139 cm³/mol. The van der Waals surface area contributed by atoms with E-state index in [4.69, 9.17) is 30.4 Å². The van der Waals surface area contributed by atoms with Crippen LogP contribution in [0.3, 0.4) is 0 Å². The molecule has 0 fully saturated rings. The molecule has 0 spiro atoms. The molecular formula is C28H25F5N2O6. The van der Waals surface area contributed by atoms with Gasteiger partial charge in [-0.3, -0.25) is 0 Å². The quantitative estimate of drug-likeness (QED) is 0.0917. The number of hydrogen-bond donors (Lipinski definition) is 2. The number of anilines is 2. The van der Waals surface area contributed by atoms with Gasteiger partial charge in [0.2, 0.25) is 0 Å². The molecule has 0 unspecified atom stereocenters. The number of benzene rings is 3. The third kappa shape index (κ3) is 10.4. The Balaban J connectivity index is 1.43. The van der Waals surface area contributed by atoms with E-state index in [9.17, 15) is 31.5 Å². The Hall–Kier alpha value is -4.81. The number of carbonyl (C=O) groups is 2. The van der Waals surface area contributed by atoms with Crippen LogP contribution in [-0.4, -0.2) is 37.9 Å². The second-order valence-corrected chi connectivity index (χ2v) is 8.45. The van der Waals surface area contributed by atoms with Crippen LogP contribution in [0.5, 0.6) is 11.5 Å². The van der Waals surface area contributed by atoms with Crippen LogP contribution in [0.25, 0.3) is 6.08 Å². The molecule has 0 saturated carbocycles. The highest BCUT2D eigenvalue weighted by Crippen LogP contribution is 2.33. The van der Waals surface area contributed by atoms with Gasteiger partial charge in [-0.2, -0.15) is 22.0 Å². The molecule has 0 amide bonds. The van der Waals surface area contributed by atoms with E-state index < -0.39 is 42.8 Å². The second kappa shape index (κ2) is 13.5. The Labute approximate surface area is 231 Å². The van der Waals surface area contributed by atoms with Gasteiger partial charge < -0.3 is 30.4 Å². The first-order valence-electron chi connectivity index (χ1n) is 12.0. The maximum Gasteiger partial charge on any atom is 0.426 e. The number of rotatable bonds is 12. The van der Waals surface area contributed by atoms with Crippen molar-refractivity contribution < 1.29 is 50.5 Å². The van der Waals surface area contributed by atoms with Gasteiger partial charge in [0, 0.05) is 17.5 Å². The van der Waals surface area contributed by atoms with Crippen molar-refractivity contribution in [2.45, 2.75) is 18.7 Å². The van der Waals surface area contributed by atoms with Crippen molar-refractivity contribution in [1.82, 2.24) is 0 Å². The first-order chi connectivity index (χ1) is 19.3. The van der Waals surface area contributed by atoms with E-state index in [1.807, 2.05) is 0 Å². The second-order valence-electron chi connectivity index (χ2n) is 8.45. The van der Waals surface area contributed by atoms with Gasteiger partial charge in [0.25, 0.3) is 0 Å². The van der Waals surface area contributed by atoms with Crippen LogP contribution in [0.2, 0.25) is 0 Å². The molecule has 13 heteroatoms. The number of nitrogen functional groups attached to an aromatic ring is 2. The molecule has 0 radical (unpaired) electrons. The van der Waals surface area contributed by atoms with Gasteiger partial charge in [-0.15, -0.1) is 0 Å². The van der Waals surface area contributed by atoms with Gasteiger partial charge in [0.05, 0.1) is 24.2 Å². The van der Waals surface area contributed by atoms with Crippen molar-refractivity contribution in [3.63, 3.8) is 0 Å². The van der Waals surface area contributed by atoms with Gasteiger partial charge in [-0.25, -0.2) is 9.59 Å². The number of hydrogen-bond acceptors (Lipinski definition) is 8. The summed E-state index contributed by atoms with van der Waals surface area (Å²) in [5.41, 5.74) is 11.9. The molecule has 3 aromatic rings. The van der Waals surface area contributed by atoms with Crippen molar-refractivity contribution in [3.05, 3.63) is 89.5 Å². The van der Waals surface area contributed by atoms with Gasteiger partial charge in [0.1, 0.15) is 24.7 Å². The molecule has 8 nitrogen and oxygen atoms in total. The molecular weight excluding hydrogens is 555 g/mol. The fraction of sp³-hybridized carbons (Fsp3) is 0.214. The first kappa shape index (κ1) is 30.7. The molecule has 0 aliphatic rings. The Kier molecular flexibility index (Phi) is 10.1. The van der Waals surface area contributed by atoms with Crippen molar-refractivity contribution in [1.29, 1.82) is 0 Å². The molecule has 3 aromatic carbocycles. The van der Waals surface area contributed by atoms with E-state index in [1.54, 1.807) is 0 Å². The molecule has 3 rings (SSSR count). The number of ether oxygens (including phenoxy) is 4. The lowest BCUT2D eigenvalue weighted by Crippen LogP contribution is -2.21. The average Bonchev–Trinajstić information content (AvgIpc) is 2.89. The minimum atomic E-state index is -4.39. The van der Waals surface area contributed by atoms with Crippen molar-refractivity contribution >= 4 is 29.4 Å². The van der Waals surface area contributed by atoms with E-state index in [0.717, 1.165) is 30.3 Å². The number of alkyl halides is 5. The predicted octanol–water partition coefficient (Wildman–Crippen LogP) is 5.72. The minimum Gasteiger partial charge on any atom is -0.493 e. The van der Waals surface area contributed by atoms with Gasteiger partial charge in [-0.1, -0.05) is 12.1 Å². The molecule has 41 heavy (non-hydrogen) atoms. The molecule has 4 N–H and O–H groups in total. The van der Waals surface area contributed by atoms with E-state index in [1.165, 1.54) is 48.5 Å². The van der Waals surface area contributed by atoms with Crippen molar-refractivity contribution in [2.24, 2.45) is 0 Å². The summed E-state index contributed by atoms with van der Waals surface area (Å²) in [5.74, 6) is -1.59. The van der Waals surface area contributed by atoms with Gasteiger partial charge in [0.15, 0.2) is 0 Å². The first-order valence-corrected chi connectivity index (χ1v) is 12.0. The Morgan fingerprint density at radius 1 is 0.756 bits per heavy atom. The lowest BCUT2D eigenvalue weighted by Gasteiger charge is -2.18. The maximum atomic E-state index is 14.5. The highest BCUT2D eigenvalue weighted by molar-refractivity contribution is 5.91. The highest BCUT2D eigenvalue weighted by atomic mass is 19.4. The minimum absolute atomic E-state index is 0.00730. The average molecular weight is 581 g/mol. The molecule has 0 heterocycles. The topological polar surface area (TPSA) is 123 Å². The highest BCUT2D eigenvalue weighted by Gasteiger charge is 2.34. The zero-order valence-electron chi connectivity index (χ0n) is 21.3. The summed E-state index contributed by atoms with van der Waals surface area (Å²) in [6.45, 7) is -1.05. The third-order valence-electron chi connectivity index (χ3n) is 5.16. The molecule has 0 atom stereocenters. The van der Waals surface area contributed by atoms with Crippen LogP contribution in [0.1, 0.15) is 27.9 Å². The normalized spacial score (nSPS) is 11.7. The Morgan fingerprint density at radius 2 is 1.34 bits per heavy atom. The maximum absolute atomic E-state index is 14.5. The standard InChI is InChI=1S/C28H25F5N2O6/c29-27(30,31)11-12-38-23-8-4-20(5-9-23)28(32,33)41-24-6-1-18(2-7-24)3-10-25(36)39-13-14-40-26(37)19-15-21(34)17-22(35)16-19/h1-10,15-17H,11-14,34-35H2. The van der Waals surface area contributed by atoms with Gasteiger partial charge >= 0.3 is 24.2 Å². The summed E-state index contributed by atoms with van der Waals surface area (Å²) >= 11 is 0.